The topological polar surface area (TPSA) is 74.2 Å². The smallest absolute Gasteiger partial charge is 0.403 e. The van der Waals surface area contributed by atoms with Crippen molar-refractivity contribution < 1.29 is 28.0 Å². The first-order valence-electron chi connectivity index (χ1n) is 14.0. The van der Waals surface area contributed by atoms with Crippen LogP contribution < -0.4 is 4.52 Å². The molecular weight excluding hydrogens is 499 g/mol. The zero-order chi connectivity index (χ0) is 26.3. The second-order valence-corrected chi connectivity index (χ2v) is 11.3. The lowest BCUT2D eigenvalue weighted by Crippen LogP contribution is -2.24. The van der Waals surface area contributed by atoms with Gasteiger partial charge in [0.2, 0.25) is 0 Å². The van der Waals surface area contributed by atoms with E-state index in [0.717, 1.165) is 12.8 Å². The molecule has 8 heteroatoms. The molecule has 0 bridgehead atoms. The Balaban J connectivity index is 1.93. The molecular formula is C28H50ClO6P. The summed E-state index contributed by atoms with van der Waals surface area (Å²) in [5.74, 6) is 0.0960. The first kappa shape index (κ1) is 33.4. The van der Waals surface area contributed by atoms with E-state index in [4.69, 9.17) is 30.1 Å². The van der Waals surface area contributed by atoms with Crippen molar-refractivity contribution in [3.05, 3.63) is 29.3 Å². The number of methoxy groups -OCH3 is 1. The minimum Gasteiger partial charge on any atom is -0.403 e. The number of benzene rings is 1. The molecule has 36 heavy (non-hydrogen) atoms. The number of hydrogen-bond donors (Lipinski definition) is 1. The molecule has 0 saturated heterocycles. The van der Waals surface area contributed by atoms with E-state index < -0.39 is 13.9 Å². The van der Waals surface area contributed by atoms with Gasteiger partial charge in [0.05, 0.1) is 18.2 Å². The van der Waals surface area contributed by atoms with E-state index >= 15 is 0 Å². The van der Waals surface area contributed by atoms with Crippen LogP contribution in [0.15, 0.2) is 24.3 Å². The first-order valence-corrected chi connectivity index (χ1v) is 15.9. The van der Waals surface area contributed by atoms with E-state index in [-0.39, 0.29) is 17.4 Å². The van der Waals surface area contributed by atoms with E-state index in [1.54, 1.807) is 18.2 Å². The van der Waals surface area contributed by atoms with Gasteiger partial charge in [-0.25, -0.2) is 4.57 Å². The lowest BCUT2D eigenvalue weighted by molar-refractivity contribution is -0.0197. The van der Waals surface area contributed by atoms with Crippen LogP contribution in [-0.4, -0.2) is 37.9 Å². The molecule has 2 atom stereocenters. The average Bonchev–Trinajstić information content (AvgIpc) is 2.86. The van der Waals surface area contributed by atoms with Gasteiger partial charge >= 0.3 is 7.82 Å². The number of ether oxygens (including phenoxy) is 2. The Morgan fingerprint density at radius 2 is 1.31 bits per heavy atom. The summed E-state index contributed by atoms with van der Waals surface area (Å²) in [5, 5.41) is 0.237. The maximum atomic E-state index is 12.2. The molecule has 0 aliphatic rings. The Kier molecular flexibility index (Phi) is 20.8. The third-order valence-electron chi connectivity index (χ3n) is 6.25. The summed E-state index contributed by atoms with van der Waals surface area (Å²) in [6, 6.07) is 6.44. The van der Waals surface area contributed by atoms with E-state index in [9.17, 15) is 9.46 Å². The van der Waals surface area contributed by atoms with Gasteiger partial charge in [0, 0.05) is 13.7 Å². The summed E-state index contributed by atoms with van der Waals surface area (Å²) < 4.78 is 33.2. The summed E-state index contributed by atoms with van der Waals surface area (Å²) in [4.78, 5) is 9.92. The summed E-state index contributed by atoms with van der Waals surface area (Å²) in [6.07, 6.45) is 20.9. The minimum absolute atomic E-state index is 0.0960. The fourth-order valence-corrected chi connectivity index (χ4v) is 5.04. The predicted octanol–water partition coefficient (Wildman–Crippen LogP) is 9.13. The van der Waals surface area contributed by atoms with E-state index in [1.165, 1.54) is 103 Å². The third kappa shape index (κ3) is 18.6. The summed E-state index contributed by atoms with van der Waals surface area (Å²) in [7, 11) is -2.79. The third-order valence-corrected chi connectivity index (χ3v) is 7.47. The molecule has 0 aliphatic heterocycles. The predicted molar refractivity (Wildman–Crippen MR) is 149 cm³/mol. The van der Waals surface area contributed by atoms with Crippen molar-refractivity contribution in [3.63, 3.8) is 0 Å². The van der Waals surface area contributed by atoms with Crippen molar-refractivity contribution in [2.75, 3.05) is 26.9 Å². The van der Waals surface area contributed by atoms with Gasteiger partial charge in [-0.05, 0) is 18.6 Å². The molecule has 1 aromatic carbocycles. The minimum atomic E-state index is -4.31. The van der Waals surface area contributed by atoms with Gasteiger partial charge < -0.3 is 14.0 Å². The van der Waals surface area contributed by atoms with Gasteiger partial charge in [0.25, 0.3) is 0 Å². The Bertz CT molecular complexity index is 690. The number of para-hydroxylation sites is 1. The molecule has 1 N–H and O–H groups in total. The van der Waals surface area contributed by atoms with Crippen LogP contribution >= 0.6 is 19.4 Å². The van der Waals surface area contributed by atoms with E-state index in [0.29, 0.717) is 13.2 Å². The van der Waals surface area contributed by atoms with Crippen LogP contribution in [0.2, 0.25) is 5.02 Å². The van der Waals surface area contributed by atoms with Crippen LogP contribution in [0.5, 0.6) is 5.75 Å². The molecule has 1 unspecified atom stereocenters. The Morgan fingerprint density at radius 1 is 0.806 bits per heavy atom. The quantitative estimate of drug-likeness (QED) is 0.0969. The summed E-state index contributed by atoms with van der Waals surface area (Å²) in [6.45, 7) is 3.09. The highest BCUT2D eigenvalue weighted by molar-refractivity contribution is 7.47. The second-order valence-electron chi connectivity index (χ2n) is 9.52. The lowest BCUT2D eigenvalue weighted by Gasteiger charge is -2.18. The number of unbranched alkanes of at least 4 members (excludes halogenated alkanes) is 15. The highest BCUT2D eigenvalue weighted by atomic mass is 35.5. The maximum Gasteiger partial charge on any atom is 0.527 e. The number of rotatable bonds is 25. The Morgan fingerprint density at radius 3 is 1.81 bits per heavy atom. The van der Waals surface area contributed by atoms with Crippen LogP contribution in [0.1, 0.15) is 110 Å². The van der Waals surface area contributed by atoms with Crippen molar-refractivity contribution in [1.82, 2.24) is 0 Å². The molecule has 1 rings (SSSR count). The van der Waals surface area contributed by atoms with Crippen molar-refractivity contribution in [2.24, 2.45) is 0 Å². The van der Waals surface area contributed by atoms with Gasteiger partial charge in [-0.2, -0.15) is 0 Å². The standard InChI is InChI=1S/C28H50ClO6P/c1-3-4-5-6-7-8-9-10-11-12-13-14-15-16-17-20-23-33-24-26(32-2)25-34-36(30,31)35-28-22-19-18-21-27(28)29/h18-19,21-22,26H,3-17,20,23-25H2,1-2H3,(H,30,31)/t26-/m1/s1. The molecule has 0 fully saturated rings. The normalized spacial score (nSPS) is 14.0. The van der Waals surface area contributed by atoms with Crippen molar-refractivity contribution in [3.8, 4) is 5.75 Å². The summed E-state index contributed by atoms with van der Waals surface area (Å²) >= 11 is 5.95. The monoisotopic (exact) mass is 548 g/mol. The van der Waals surface area contributed by atoms with Crippen LogP contribution in [-0.2, 0) is 18.6 Å². The number of phosphoric acid groups is 1. The van der Waals surface area contributed by atoms with Crippen LogP contribution in [0.3, 0.4) is 0 Å². The molecule has 0 spiro atoms. The molecule has 0 saturated carbocycles. The molecule has 1 aromatic rings. The molecule has 6 nitrogen and oxygen atoms in total. The van der Waals surface area contributed by atoms with Gasteiger partial charge in [0.1, 0.15) is 11.9 Å². The van der Waals surface area contributed by atoms with Gasteiger partial charge in [-0.3, -0.25) is 9.42 Å². The molecule has 0 aliphatic carbocycles. The molecule has 0 amide bonds. The van der Waals surface area contributed by atoms with Gasteiger partial charge in [-0.1, -0.05) is 127 Å². The molecule has 0 aromatic heterocycles. The lowest BCUT2D eigenvalue weighted by atomic mass is 10.0. The molecule has 210 valence electrons. The van der Waals surface area contributed by atoms with Crippen molar-refractivity contribution in [1.29, 1.82) is 0 Å². The van der Waals surface area contributed by atoms with Gasteiger partial charge in [-0.15, -0.1) is 0 Å². The van der Waals surface area contributed by atoms with Crippen LogP contribution in [0, 0.1) is 0 Å². The number of hydrogen-bond acceptors (Lipinski definition) is 5. The fourth-order valence-electron chi connectivity index (χ4n) is 4.00. The van der Waals surface area contributed by atoms with Crippen LogP contribution in [0.4, 0.5) is 0 Å². The van der Waals surface area contributed by atoms with Crippen molar-refractivity contribution in [2.45, 2.75) is 116 Å². The number of halogens is 1. The zero-order valence-electron chi connectivity index (χ0n) is 22.6. The highest BCUT2D eigenvalue weighted by Gasteiger charge is 2.26. The summed E-state index contributed by atoms with van der Waals surface area (Å²) in [5.41, 5.74) is 0. The first-order chi connectivity index (χ1) is 17.5. The van der Waals surface area contributed by atoms with Gasteiger partial charge in [0.15, 0.2) is 0 Å². The number of phosphoric ester groups is 1. The average molecular weight is 549 g/mol. The largest absolute Gasteiger partial charge is 0.527 e. The SMILES string of the molecule is CCCCCCCCCCCCCCCCCCOC[C@H](COP(=O)(O)Oc1ccccc1Cl)OC. The molecule has 0 radical (unpaired) electrons. The Hall–Kier alpha value is -0.620. The van der Waals surface area contributed by atoms with E-state index in [1.807, 2.05) is 0 Å². The van der Waals surface area contributed by atoms with Crippen LogP contribution in [0.25, 0.3) is 0 Å². The highest BCUT2D eigenvalue weighted by Crippen LogP contribution is 2.45. The second kappa shape index (κ2) is 22.4. The molecule has 0 heterocycles. The van der Waals surface area contributed by atoms with Crippen molar-refractivity contribution >= 4 is 19.4 Å². The van der Waals surface area contributed by atoms with E-state index in [2.05, 4.69) is 6.92 Å². The zero-order valence-corrected chi connectivity index (χ0v) is 24.3. The maximum absolute atomic E-state index is 12.2. The Labute approximate surface area is 225 Å². The fraction of sp³-hybridized carbons (Fsp3) is 0.786.